The van der Waals surface area contributed by atoms with E-state index in [0.717, 1.165) is 16.7 Å². The highest BCUT2D eigenvalue weighted by molar-refractivity contribution is 5.79. The molecule has 0 aliphatic carbocycles. The van der Waals surface area contributed by atoms with Crippen molar-refractivity contribution in [3.8, 4) is 11.5 Å². The normalized spacial score (nSPS) is 32.9. The van der Waals surface area contributed by atoms with Gasteiger partial charge in [-0.25, -0.2) is 4.79 Å². The van der Waals surface area contributed by atoms with Crippen molar-refractivity contribution in [2.24, 2.45) is 0 Å². The molecule has 6 heteroatoms. The van der Waals surface area contributed by atoms with Gasteiger partial charge in [-0.05, 0) is 25.0 Å². The summed E-state index contributed by atoms with van der Waals surface area (Å²) in [5.41, 5.74) is 2.54. The Labute approximate surface area is 128 Å². The number of ether oxygens (including phenoxy) is 3. The minimum Gasteiger partial charge on any atom is -0.508 e. The highest BCUT2D eigenvalue weighted by Gasteiger charge is 2.51. The molecule has 2 aliphatic rings. The van der Waals surface area contributed by atoms with Gasteiger partial charge in [-0.2, -0.15) is 0 Å². The highest BCUT2D eigenvalue weighted by Crippen LogP contribution is 2.52. The monoisotopic (exact) mass is 308 g/mol. The largest absolute Gasteiger partial charge is 0.508 e. The van der Waals surface area contributed by atoms with Crippen LogP contribution in [0.3, 0.4) is 0 Å². The number of aromatic hydroxyl groups is 1. The van der Waals surface area contributed by atoms with Crippen molar-refractivity contribution < 1.29 is 29.2 Å². The Morgan fingerprint density at radius 2 is 2.09 bits per heavy atom. The van der Waals surface area contributed by atoms with Crippen LogP contribution in [0.1, 0.15) is 49.0 Å². The van der Waals surface area contributed by atoms with Crippen LogP contribution >= 0.6 is 0 Å². The number of phenols is 1. The van der Waals surface area contributed by atoms with E-state index in [1.165, 1.54) is 13.2 Å². The number of rotatable bonds is 1. The SMILES string of the molecule is COC(=O)C1(O)CC2OC(C)C(C)c3c(C)c(O)cc(c32)O1. The van der Waals surface area contributed by atoms with Gasteiger partial charge in [0, 0.05) is 17.5 Å². The van der Waals surface area contributed by atoms with E-state index >= 15 is 0 Å². The Balaban J connectivity index is 2.19. The zero-order valence-corrected chi connectivity index (χ0v) is 13.0. The molecule has 2 N–H and O–H groups in total. The van der Waals surface area contributed by atoms with Crippen molar-refractivity contribution in [2.75, 3.05) is 7.11 Å². The molecule has 4 unspecified atom stereocenters. The van der Waals surface area contributed by atoms with E-state index in [0.29, 0.717) is 0 Å². The third-order valence-corrected chi connectivity index (χ3v) is 4.72. The average molecular weight is 308 g/mol. The van der Waals surface area contributed by atoms with Gasteiger partial charge in [-0.3, -0.25) is 0 Å². The van der Waals surface area contributed by atoms with Gasteiger partial charge in [0.05, 0.1) is 25.7 Å². The molecule has 0 bridgehead atoms. The van der Waals surface area contributed by atoms with Crippen LogP contribution in [0.15, 0.2) is 6.07 Å². The summed E-state index contributed by atoms with van der Waals surface area (Å²) in [5, 5.41) is 20.6. The second-order valence-electron chi connectivity index (χ2n) is 6.05. The number of hydrogen-bond acceptors (Lipinski definition) is 6. The predicted molar refractivity (Wildman–Crippen MR) is 76.8 cm³/mol. The minimum absolute atomic E-state index is 0.0407. The molecule has 2 heterocycles. The van der Waals surface area contributed by atoms with Crippen molar-refractivity contribution in [1.29, 1.82) is 0 Å². The van der Waals surface area contributed by atoms with Crippen LogP contribution in [-0.4, -0.2) is 35.2 Å². The van der Waals surface area contributed by atoms with Gasteiger partial charge in [-0.15, -0.1) is 0 Å². The van der Waals surface area contributed by atoms with E-state index < -0.39 is 17.9 Å². The van der Waals surface area contributed by atoms with Crippen LogP contribution in [0.25, 0.3) is 0 Å². The molecule has 0 radical (unpaired) electrons. The molecule has 0 saturated carbocycles. The van der Waals surface area contributed by atoms with Crippen LogP contribution in [0, 0.1) is 6.92 Å². The molecule has 6 nitrogen and oxygen atoms in total. The average Bonchev–Trinajstić information content (AvgIpc) is 2.46. The zero-order chi connectivity index (χ0) is 16.2. The van der Waals surface area contributed by atoms with E-state index in [1.54, 1.807) is 0 Å². The molecular weight excluding hydrogens is 288 g/mol. The number of carbonyl (C=O) groups is 1. The second-order valence-corrected chi connectivity index (χ2v) is 6.05. The maximum atomic E-state index is 11.8. The second kappa shape index (κ2) is 4.86. The number of benzene rings is 1. The molecule has 0 saturated heterocycles. The Morgan fingerprint density at radius 1 is 1.41 bits per heavy atom. The van der Waals surface area contributed by atoms with Crippen LogP contribution in [0.4, 0.5) is 0 Å². The standard InChI is InChI=1S/C16H20O6/c1-7-9(3)21-12-6-16(19,15(18)20-4)22-11-5-10(17)8(2)13(7)14(11)12/h5,7,9,12,17,19H,6H2,1-4H3. The van der Waals surface area contributed by atoms with Crippen LogP contribution in [0.2, 0.25) is 0 Å². The van der Waals surface area contributed by atoms with Gasteiger partial charge in [0.2, 0.25) is 0 Å². The Morgan fingerprint density at radius 3 is 2.73 bits per heavy atom. The van der Waals surface area contributed by atoms with Crippen LogP contribution in [-0.2, 0) is 14.3 Å². The number of aliphatic hydroxyl groups is 1. The van der Waals surface area contributed by atoms with Crippen molar-refractivity contribution in [3.63, 3.8) is 0 Å². The maximum absolute atomic E-state index is 11.8. The molecule has 1 aromatic rings. The van der Waals surface area contributed by atoms with Gasteiger partial charge in [0.15, 0.2) is 0 Å². The number of hydrogen-bond donors (Lipinski definition) is 2. The molecule has 0 fully saturated rings. The number of methoxy groups -OCH3 is 1. The number of esters is 1. The van der Waals surface area contributed by atoms with Gasteiger partial charge < -0.3 is 24.4 Å². The van der Waals surface area contributed by atoms with Crippen LogP contribution < -0.4 is 4.74 Å². The molecule has 0 aromatic heterocycles. The summed E-state index contributed by atoms with van der Waals surface area (Å²) in [4.78, 5) is 11.8. The zero-order valence-electron chi connectivity index (χ0n) is 13.0. The summed E-state index contributed by atoms with van der Waals surface area (Å²) in [7, 11) is 1.18. The Hall–Kier alpha value is -1.79. The first kappa shape index (κ1) is 15.1. The Bertz CT molecular complexity index is 640. The summed E-state index contributed by atoms with van der Waals surface area (Å²) in [5.74, 6) is -2.57. The molecule has 0 spiro atoms. The molecule has 0 amide bonds. The van der Waals surface area contributed by atoms with Crippen molar-refractivity contribution in [3.05, 3.63) is 22.8 Å². The van der Waals surface area contributed by atoms with Crippen molar-refractivity contribution >= 4 is 5.97 Å². The molecule has 3 rings (SSSR count). The summed E-state index contributed by atoms with van der Waals surface area (Å²) >= 11 is 0. The van der Waals surface area contributed by atoms with Crippen LogP contribution in [0.5, 0.6) is 11.5 Å². The first-order valence-electron chi connectivity index (χ1n) is 7.30. The lowest BCUT2D eigenvalue weighted by molar-refractivity contribution is -0.217. The third kappa shape index (κ3) is 1.98. The fraction of sp³-hybridized carbons (Fsp3) is 0.562. The molecule has 22 heavy (non-hydrogen) atoms. The summed E-state index contributed by atoms with van der Waals surface area (Å²) in [6, 6.07) is 1.42. The molecular formula is C16H20O6. The van der Waals surface area contributed by atoms with Gasteiger partial charge in [0.1, 0.15) is 11.5 Å². The topological polar surface area (TPSA) is 85.2 Å². The molecule has 4 atom stereocenters. The van der Waals surface area contributed by atoms with Crippen molar-refractivity contribution in [2.45, 2.75) is 51.1 Å². The van der Waals surface area contributed by atoms with E-state index in [-0.39, 0.29) is 29.9 Å². The van der Waals surface area contributed by atoms with E-state index in [9.17, 15) is 15.0 Å². The quantitative estimate of drug-likeness (QED) is 0.771. The lowest BCUT2D eigenvalue weighted by Crippen LogP contribution is -2.50. The Kier molecular flexibility index (Phi) is 3.34. The summed E-state index contributed by atoms with van der Waals surface area (Å²) in [6.45, 7) is 5.80. The predicted octanol–water partition coefficient (Wildman–Crippen LogP) is 1.91. The lowest BCUT2D eigenvalue weighted by atomic mass is 9.80. The molecule has 2 aliphatic heterocycles. The molecule has 1 aromatic carbocycles. The van der Waals surface area contributed by atoms with E-state index in [2.05, 4.69) is 4.74 Å². The minimum atomic E-state index is -2.11. The number of phenolic OH excluding ortho intramolecular Hbond substituents is 1. The summed E-state index contributed by atoms with van der Waals surface area (Å²) < 4.78 is 16.1. The fourth-order valence-corrected chi connectivity index (χ4v) is 3.38. The van der Waals surface area contributed by atoms with Gasteiger partial charge >= 0.3 is 11.8 Å². The first-order chi connectivity index (χ1) is 10.3. The van der Waals surface area contributed by atoms with E-state index in [1.807, 2.05) is 20.8 Å². The molecule has 120 valence electrons. The summed E-state index contributed by atoms with van der Waals surface area (Å²) in [6.07, 6.45) is -0.625. The fourth-order valence-electron chi connectivity index (χ4n) is 3.38. The van der Waals surface area contributed by atoms with E-state index in [4.69, 9.17) is 9.47 Å². The number of carbonyl (C=O) groups excluding carboxylic acids is 1. The van der Waals surface area contributed by atoms with Gasteiger partial charge in [0.25, 0.3) is 0 Å². The smallest absolute Gasteiger partial charge is 0.379 e. The van der Waals surface area contributed by atoms with Crippen molar-refractivity contribution in [1.82, 2.24) is 0 Å². The lowest BCUT2D eigenvalue weighted by Gasteiger charge is -2.43. The maximum Gasteiger partial charge on any atom is 0.379 e. The highest BCUT2D eigenvalue weighted by atomic mass is 16.7. The third-order valence-electron chi connectivity index (χ3n) is 4.72. The first-order valence-corrected chi connectivity index (χ1v) is 7.30. The van der Waals surface area contributed by atoms with Gasteiger partial charge in [-0.1, -0.05) is 6.92 Å².